The van der Waals surface area contributed by atoms with Crippen LogP contribution in [0.4, 0.5) is 0 Å². The van der Waals surface area contributed by atoms with E-state index in [1.54, 1.807) is 54.6 Å². The van der Waals surface area contributed by atoms with Gasteiger partial charge in [0.05, 0.1) is 10.6 Å². The molecule has 3 rings (SSSR count). The first-order chi connectivity index (χ1) is 14.4. The Labute approximate surface area is 179 Å². The molecule has 5 heteroatoms. The molecule has 0 saturated heterocycles. The molecule has 0 heterocycles. The number of benzene rings is 3. The lowest BCUT2D eigenvalue weighted by atomic mass is 10.1. The maximum absolute atomic E-state index is 13.2. The van der Waals surface area contributed by atoms with Gasteiger partial charge in [-0.05, 0) is 48.7 Å². The maximum Gasteiger partial charge on any atom is 0.254 e. The number of hydrogen-bond acceptors (Lipinski definition) is 3. The minimum Gasteiger partial charge on any atom is -0.332 e. The smallest absolute Gasteiger partial charge is 0.254 e. The van der Waals surface area contributed by atoms with Crippen LogP contribution in [0, 0.1) is 0 Å². The van der Waals surface area contributed by atoms with E-state index in [1.807, 2.05) is 42.2 Å². The summed E-state index contributed by atoms with van der Waals surface area (Å²) >= 11 is 0. The van der Waals surface area contributed by atoms with Crippen molar-refractivity contribution in [3.05, 3.63) is 102 Å². The number of sulfone groups is 1. The Morgan fingerprint density at radius 1 is 0.833 bits per heavy atom. The molecule has 0 N–H and O–H groups in total. The van der Waals surface area contributed by atoms with E-state index in [4.69, 9.17) is 0 Å². The molecule has 1 amide bonds. The van der Waals surface area contributed by atoms with Gasteiger partial charge in [-0.25, -0.2) is 8.42 Å². The molecular weight excluding hydrogens is 394 g/mol. The molecule has 3 aromatic carbocycles. The Balaban J connectivity index is 1.77. The van der Waals surface area contributed by atoms with Crippen LogP contribution in [0.3, 0.4) is 0 Å². The summed E-state index contributed by atoms with van der Waals surface area (Å²) in [6, 6.07) is 25.3. The van der Waals surface area contributed by atoms with E-state index in [0.717, 1.165) is 12.0 Å². The van der Waals surface area contributed by atoms with E-state index in [0.29, 0.717) is 22.6 Å². The standard InChI is InChI=1S/C25H27NO3S/c1-3-20(2)26(18-21-10-6-4-7-11-21)25(27)23-16-14-22(15-17-23)19-30(28,29)24-12-8-5-9-13-24/h4-17,20H,3,18-19H2,1-2H3/t20-/m1/s1. The number of carbonyl (C=O) groups excluding carboxylic acids is 1. The molecule has 0 unspecified atom stereocenters. The summed E-state index contributed by atoms with van der Waals surface area (Å²) < 4.78 is 25.2. The molecular formula is C25H27NO3S. The van der Waals surface area contributed by atoms with Gasteiger partial charge in [0, 0.05) is 18.2 Å². The van der Waals surface area contributed by atoms with Crippen molar-refractivity contribution < 1.29 is 13.2 Å². The highest BCUT2D eigenvalue weighted by molar-refractivity contribution is 7.90. The fraction of sp³-hybridized carbons (Fsp3) is 0.240. The third-order valence-electron chi connectivity index (χ3n) is 5.24. The van der Waals surface area contributed by atoms with E-state index >= 15 is 0 Å². The quantitative estimate of drug-likeness (QED) is 0.508. The fourth-order valence-electron chi connectivity index (χ4n) is 3.27. The molecule has 0 aliphatic heterocycles. The largest absolute Gasteiger partial charge is 0.332 e. The van der Waals surface area contributed by atoms with Gasteiger partial charge in [0.1, 0.15) is 0 Å². The van der Waals surface area contributed by atoms with Crippen LogP contribution in [0.1, 0.15) is 41.8 Å². The lowest BCUT2D eigenvalue weighted by Gasteiger charge is -2.29. The van der Waals surface area contributed by atoms with Gasteiger partial charge >= 0.3 is 0 Å². The third kappa shape index (κ3) is 5.36. The van der Waals surface area contributed by atoms with E-state index < -0.39 is 9.84 Å². The second-order valence-corrected chi connectivity index (χ2v) is 9.43. The minimum absolute atomic E-state index is 0.0503. The summed E-state index contributed by atoms with van der Waals surface area (Å²) in [5, 5.41) is 0. The molecule has 0 aliphatic carbocycles. The van der Waals surface area contributed by atoms with Crippen LogP contribution in [-0.2, 0) is 22.1 Å². The number of hydrogen-bond donors (Lipinski definition) is 0. The molecule has 0 saturated carbocycles. The Kier molecular flexibility index (Phi) is 7.06. The minimum atomic E-state index is -3.42. The molecule has 30 heavy (non-hydrogen) atoms. The van der Waals surface area contributed by atoms with Crippen LogP contribution in [-0.4, -0.2) is 25.3 Å². The molecule has 4 nitrogen and oxygen atoms in total. The first-order valence-electron chi connectivity index (χ1n) is 10.1. The Bertz CT molecular complexity index is 1060. The number of nitrogens with zero attached hydrogens (tertiary/aromatic N) is 1. The van der Waals surface area contributed by atoms with Gasteiger partial charge in [-0.2, -0.15) is 0 Å². The second kappa shape index (κ2) is 9.72. The summed E-state index contributed by atoms with van der Waals surface area (Å²) in [6.45, 7) is 4.65. The highest BCUT2D eigenvalue weighted by Gasteiger charge is 2.21. The third-order valence-corrected chi connectivity index (χ3v) is 6.94. The van der Waals surface area contributed by atoms with Gasteiger partial charge < -0.3 is 4.90 Å². The van der Waals surface area contributed by atoms with Crippen molar-refractivity contribution >= 4 is 15.7 Å². The van der Waals surface area contributed by atoms with E-state index in [2.05, 4.69) is 6.92 Å². The van der Waals surface area contributed by atoms with Crippen molar-refractivity contribution in [3.63, 3.8) is 0 Å². The molecule has 0 fully saturated rings. The Hall–Kier alpha value is -2.92. The van der Waals surface area contributed by atoms with Gasteiger partial charge in [0.2, 0.25) is 0 Å². The Morgan fingerprint density at radius 2 is 1.40 bits per heavy atom. The van der Waals surface area contributed by atoms with Crippen LogP contribution in [0.2, 0.25) is 0 Å². The second-order valence-electron chi connectivity index (χ2n) is 7.44. The topological polar surface area (TPSA) is 54.5 Å². The average molecular weight is 422 g/mol. The predicted octanol–water partition coefficient (Wildman–Crippen LogP) is 5.10. The van der Waals surface area contributed by atoms with Gasteiger partial charge in [-0.15, -0.1) is 0 Å². The van der Waals surface area contributed by atoms with E-state index in [-0.39, 0.29) is 17.7 Å². The first-order valence-corrected chi connectivity index (χ1v) is 11.8. The van der Waals surface area contributed by atoms with Crippen molar-refractivity contribution in [1.82, 2.24) is 4.90 Å². The zero-order valence-electron chi connectivity index (χ0n) is 17.4. The molecule has 0 radical (unpaired) electrons. The van der Waals surface area contributed by atoms with Gasteiger partial charge in [-0.3, -0.25) is 4.79 Å². The Morgan fingerprint density at radius 3 is 1.97 bits per heavy atom. The maximum atomic E-state index is 13.2. The number of carbonyl (C=O) groups is 1. The van der Waals surface area contributed by atoms with Crippen LogP contribution < -0.4 is 0 Å². The fourth-order valence-corrected chi connectivity index (χ4v) is 4.64. The van der Waals surface area contributed by atoms with Gasteiger partial charge in [0.15, 0.2) is 9.84 Å². The van der Waals surface area contributed by atoms with Crippen LogP contribution in [0.5, 0.6) is 0 Å². The zero-order chi connectivity index (χ0) is 21.6. The summed E-state index contributed by atoms with van der Waals surface area (Å²) in [7, 11) is -3.42. The van der Waals surface area contributed by atoms with Crippen molar-refractivity contribution in [3.8, 4) is 0 Å². The number of amides is 1. The highest BCUT2D eigenvalue weighted by Crippen LogP contribution is 2.19. The molecule has 3 aromatic rings. The molecule has 0 bridgehead atoms. The SMILES string of the molecule is CC[C@@H](C)N(Cc1ccccc1)C(=O)c1ccc(CS(=O)(=O)c2ccccc2)cc1. The van der Waals surface area contributed by atoms with Crippen molar-refractivity contribution in [2.75, 3.05) is 0 Å². The normalized spacial score (nSPS) is 12.3. The summed E-state index contributed by atoms with van der Waals surface area (Å²) in [6.07, 6.45) is 0.853. The van der Waals surface area contributed by atoms with Crippen LogP contribution >= 0.6 is 0 Å². The van der Waals surface area contributed by atoms with Crippen LogP contribution in [0.15, 0.2) is 89.8 Å². The lowest BCUT2D eigenvalue weighted by Crippen LogP contribution is -2.37. The average Bonchev–Trinajstić information content (AvgIpc) is 2.78. The molecule has 156 valence electrons. The zero-order valence-corrected chi connectivity index (χ0v) is 18.2. The molecule has 0 aliphatic rings. The monoisotopic (exact) mass is 421 g/mol. The van der Waals surface area contributed by atoms with E-state index in [1.165, 1.54) is 0 Å². The number of rotatable bonds is 8. The first kappa shape index (κ1) is 21.8. The molecule has 0 spiro atoms. The van der Waals surface area contributed by atoms with E-state index in [9.17, 15) is 13.2 Å². The van der Waals surface area contributed by atoms with Crippen LogP contribution in [0.25, 0.3) is 0 Å². The van der Waals surface area contributed by atoms with Crippen molar-refractivity contribution in [1.29, 1.82) is 0 Å². The van der Waals surface area contributed by atoms with Crippen molar-refractivity contribution in [2.45, 2.75) is 43.5 Å². The summed E-state index contributed by atoms with van der Waals surface area (Å²) in [4.78, 5) is 15.3. The lowest BCUT2D eigenvalue weighted by molar-refractivity contribution is 0.0671. The van der Waals surface area contributed by atoms with Gasteiger partial charge in [0.25, 0.3) is 5.91 Å². The summed E-state index contributed by atoms with van der Waals surface area (Å²) in [5.74, 6) is -0.143. The summed E-state index contributed by atoms with van der Waals surface area (Å²) in [5.41, 5.74) is 2.30. The predicted molar refractivity (Wildman–Crippen MR) is 120 cm³/mol. The highest BCUT2D eigenvalue weighted by atomic mass is 32.2. The van der Waals surface area contributed by atoms with Gasteiger partial charge in [-0.1, -0.05) is 67.6 Å². The molecule has 1 atom stereocenters. The molecule has 0 aromatic heterocycles. The van der Waals surface area contributed by atoms with Crippen molar-refractivity contribution in [2.24, 2.45) is 0 Å².